The van der Waals surface area contributed by atoms with E-state index >= 15 is 0 Å². The van der Waals surface area contributed by atoms with E-state index < -0.39 is 5.97 Å². The summed E-state index contributed by atoms with van der Waals surface area (Å²) in [6.45, 7) is 8.25. The zero-order chi connectivity index (χ0) is 15.3. The van der Waals surface area contributed by atoms with E-state index in [-0.39, 0.29) is 18.0 Å². The standard InChI is InChI=1S/C7H14O3.C6H12O3/c1-3-6(7(8)9)5-10-4-2;1-5(4-8-3)9-6(2)7/h6H,3-5H2,1-2H3,(H,8,9);5H,4H2,1-3H3. The Bertz CT molecular complexity index is 241. The lowest BCUT2D eigenvalue weighted by molar-refractivity contribution is -0.147. The zero-order valence-corrected chi connectivity index (χ0v) is 12.5. The van der Waals surface area contributed by atoms with E-state index in [2.05, 4.69) is 0 Å². The Morgan fingerprint density at radius 2 is 1.79 bits per heavy atom. The molecule has 0 bridgehead atoms. The molecule has 0 radical (unpaired) electrons. The molecule has 0 rings (SSSR count). The largest absolute Gasteiger partial charge is 0.481 e. The SMILES string of the molecule is CCOCC(CC)C(=O)O.COCC(C)OC(C)=O. The Morgan fingerprint density at radius 1 is 1.21 bits per heavy atom. The van der Waals surface area contributed by atoms with E-state index in [4.69, 9.17) is 19.3 Å². The van der Waals surface area contributed by atoms with Gasteiger partial charge in [-0.3, -0.25) is 9.59 Å². The van der Waals surface area contributed by atoms with Crippen LogP contribution in [0.4, 0.5) is 0 Å². The summed E-state index contributed by atoms with van der Waals surface area (Å²) < 4.78 is 14.4. The molecule has 0 aromatic carbocycles. The number of carboxylic acid groups (broad SMARTS) is 1. The van der Waals surface area contributed by atoms with Crippen LogP contribution >= 0.6 is 0 Å². The third kappa shape index (κ3) is 14.8. The van der Waals surface area contributed by atoms with Gasteiger partial charge in [0.25, 0.3) is 0 Å². The number of hydrogen-bond donors (Lipinski definition) is 1. The third-order valence-corrected chi connectivity index (χ3v) is 2.13. The van der Waals surface area contributed by atoms with Crippen LogP contribution in [-0.2, 0) is 23.8 Å². The molecule has 6 nitrogen and oxygen atoms in total. The van der Waals surface area contributed by atoms with Crippen LogP contribution in [0.25, 0.3) is 0 Å². The molecule has 0 fully saturated rings. The topological polar surface area (TPSA) is 82.1 Å². The summed E-state index contributed by atoms with van der Waals surface area (Å²) in [5.74, 6) is -1.37. The van der Waals surface area contributed by atoms with Crippen molar-refractivity contribution < 1.29 is 28.9 Å². The van der Waals surface area contributed by atoms with E-state index in [1.165, 1.54) is 6.92 Å². The number of methoxy groups -OCH3 is 1. The second-order valence-corrected chi connectivity index (χ2v) is 3.98. The number of ether oxygens (including phenoxy) is 3. The molecule has 0 saturated heterocycles. The van der Waals surface area contributed by atoms with Gasteiger partial charge >= 0.3 is 11.9 Å². The number of carbonyl (C=O) groups excluding carboxylic acids is 1. The molecular weight excluding hydrogens is 252 g/mol. The normalized spacial score (nSPS) is 12.9. The summed E-state index contributed by atoms with van der Waals surface area (Å²) in [7, 11) is 1.57. The molecule has 0 aliphatic rings. The summed E-state index contributed by atoms with van der Waals surface area (Å²) in [5, 5.41) is 8.52. The first-order chi connectivity index (χ1) is 8.88. The van der Waals surface area contributed by atoms with Gasteiger partial charge in [-0.2, -0.15) is 0 Å². The minimum Gasteiger partial charge on any atom is -0.481 e. The van der Waals surface area contributed by atoms with Gasteiger partial charge in [-0.25, -0.2) is 0 Å². The van der Waals surface area contributed by atoms with Crippen LogP contribution in [0, 0.1) is 5.92 Å². The quantitative estimate of drug-likeness (QED) is 0.681. The lowest BCUT2D eigenvalue weighted by Gasteiger charge is -2.08. The van der Waals surface area contributed by atoms with Crippen molar-refractivity contribution in [3.05, 3.63) is 0 Å². The van der Waals surface area contributed by atoms with Crippen molar-refractivity contribution in [3.63, 3.8) is 0 Å². The van der Waals surface area contributed by atoms with Gasteiger partial charge in [0, 0.05) is 20.6 Å². The van der Waals surface area contributed by atoms with Crippen molar-refractivity contribution in [2.75, 3.05) is 26.9 Å². The van der Waals surface area contributed by atoms with E-state index in [9.17, 15) is 9.59 Å². The smallest absolute Gasteiger partial charge is 0.308 e. The van der Waals surface area contributed by atoms with Crippen molar-refractivity contribution in [3.8, 4) is 0 Å². The van der Waals surface area contributed by atoms with Gasteiger partial charge in [-0.05, 0) is 20.3 Å². The number of carboxylic acids is 1. The number of rotatable bonds is 8. The highest BCUT2D eigenvalue weighted by Crippen LogP contribution is 2.02. The third-order valence-electron chi connectivity index (χ3n) is 2.13. The Balaban J connectivity index is 0. The summed E-state index contributed by atoms with van der Waals surface area (Å²) in [4.78, 5) is 20.6. The van der Waals surface area contributed by atoms with E-state index in [1.807, 2.05) is 13.8 Å². The average Bonchev–Trinajstić information content (AvgIpc) is 2.29. The van der Waals surface area contributed by atoms with Gasteiger partial charge < -0.3 is 19.3 Å². The summed E-state index contributed by atoms with van der Waals surface area (Å²) in [5.41, 5.74) is 0. The maximum atomic E-state index is 10.4. The van der Waals surface area contributed by atoms with Crippen molar-refractivity contribution >= 4 is 11.9 Å². The molecule has 0 heterocycles. The van der Waals surface area contributed by atoms with Gasteiger partial charge in [0.05, 0.1) is 19.1 Å². The van der Waals surface area contributed by atoms with Crippen LogP contribution in [0.5, 0.6) is 0 Å². The van der Waals surface area contributed by atoms with Gasteiger partial charge in [0.15, 0.2) is 0 Å². The van der Waals surface area contributed by atoms with E-state index in [0.717, 1.165) is 0 Å². The molecule has 0 aliphatic heterocycles. The zero-order valence-electron chi connectivity index (χ0n) is 12.5. The predicted octanol–water partition coefficient (Wildman–Crippen LogP) is 1.72. The van der Waals surface area contributed by atoms with Crippen molar-refractivity contribution in [1.29, 1.82) is 0 Å². The van der Waals surface area contributed by atoms with Crippen LogP contribution < -0.4 is 0 Å². The molecule has 0 saturated carbocycles. The van der Waals surface area contributed by atoms with Gasteiger partial charge in [-0.15, -0.1) is 0 Å². The maximum absolute atomic E-state index is 10.4. The number of esters is 1. The molecule has 2 unspecified atom stereocenters. The van der Waals surface area contributed by atoms with Gasteiger partial charge in [0.1, 0.15) is 6.10 Å². The van der Waals surface area contributed by atoms with Crippen molar-refractivity contribution in [2.24, 2.45) is 5.92 Å². The van der Waals surface area contributed by atoms with Crippen LogP contribution in [0.1, 0.15) is 34.1 Å². The summed E-state index contributed by atoms with van der Waals surface area (Å²) in [6.07, 6.45) is 0.502. The van der Waals surface area contributed by atoms with Crippen LogP contribution in [0.2, 0.25) is 0 Å². The summed E-state index contributed by atoms with van der Waals surface area (Å²) >= 11 is 0. The molecule has 0 aromatic rings. The Morgan fingerprint density at radius 3 is 2.11 bits per heavy atom. The first-order valence-corrected chi connectivity index (χ1v) is 6.35. The Kier molecular flexibility index (Phi) is 14.1. The van der Waals surface area contributed by atoms with E-state index in [1.54, 1.807) is 14.0 Å². The molecule has 0 spiro atoms. The van der Waals surface area contributed by atoms with E-state index in [0.29, 0.717) is 26.2 Å². The number of carbonyl (C=O) groups is 2. The molecule has 114 valence electrons. The molecule has 0 aliphatic carbocycles. The first kappa shape index (κ1) is 20.2. The second kappa shape index (κ2) is 13.3. The second-order valence-electron chi connectivity index (χ2n) is 3.98. The van der Waals surface area contributed by atoms with Crippen LogP contribution in [-0.4, -0.2) is 50.1 Å². The molecule has 0 amide bonds. The van der Waals surface area contributed by atoms with Gasteiger partial charge in [-0.1, -0.05) is 6.92 Å². The fourth-order valence-electron chi connectivity index (χ4n) is 1.18. The lowest BCUT2D eigenvalue weighted by atomic mass is 10.1. The Hall–Kier alpha value is -1.14. The monoisotopic (exact) mass is 278 g/mol. The first-order valence-electron chi connectivity index (χ1n) is 6.35. The fourth-order valence-corrected chi connectivity index (χ4v) is 1.18. The molecule has 6 heteroatoms. The molecule has 2 atom stereocenters. The average molecular weight is 278 g/mol. The molecule has 1 N–H and O–H groups in total. The highest BCUT2D eigenvalue weighted by atomic mass is 16.6. The number of hydrogen-bond acceptors (Lipinski definition) is 5. The summed E-state index contributed by atoms with van der Waals surface area (Å²) in [6, 6.07) is 0. The van der Waals surface area contributed by atoms with Crippen molar-refractivity contribution in [1.82, 2.24) is 0 Å². The van der Waals surface area contributed by atoms with Crippen LogP contribution in [0.3, 0.4) is 0 Å². The molecular formula is C13H26O6. The van der Waals surface area contributed by atoms with Gasteiger partial charge in [0.2, 0.25) is 0 Å². The maximum Gasteiger partial charge on any atom is 0.308 e. The lowest BCUT2D eigenvalue weighted by Crippen LogP contribution is -2.18. The predicted molar refractivity (Wildman–Crippen MR) is 71.0 cm³/mol. The fraction of sp³-hybridized carbons (Fsp3) is 0.846. The Labute approximate surface area is 115 Å². The molecule has 19 heavy (non-hydrogen) atoms. The van der Waals surface area contributed by atoms with Crippen LogP contribution in [0.15, 0.2) is 0 Å². The minimum atomic E-state index is -0.768. The minimum absolute atomic E-state index is 0.132. The van der Waals surface area contributed by atoms with Crippen molar-refractivity contribution in [2.45, 2.75) is 40.2 Å². The highest BCUT2D eigenvalue weighted by molar-refractivity contribution is 5.69. The number of aliphatic carboxylic acids is 1. The molecule has 0 aromatic heterocycles. The highest BCUT2D eigenvalue weighted by Gasteiger charge is 2.13.